The molecule has 4 rings (SSSR count). The molecule has 1 amide bonds. The first-order valence-corrected chi connectivity index (χ1v) is 11.0. The minimum Gasteiger partial charge on any atom is -0.462 e. The second kappa shape index (κ2) is 8.13. The maximum absolute atomic E-state index is 12.9. The predicted octanol–water partition coefficient (Wildman–Crippen LogP) is 4.29. The average Bonchev–Trinajstić information content (AvgIpc) is 3.28. The van der Waals surface area contributed by atoms with Crippen molar-refractivity contribution in [1.29, 1.82) is 0 Å². The van der Waals surface area contributed by atoms with E-state index in [1.807, 2.05) is 7.05 Å². The van der Waals surface area contributed by atoms with E-state index in [1.165, 1.54) is 34.8 Å². The summed E-state index contributed by atoms with van der Waals surface area (Å²) in [4.78, 5) is 39.7. The van der Waals surface area contributed by atoms with Crippen LogP contribution in [0.15, 0.2) is 24.3 Å². The normalized spacial score (nSPS) is 13.8. The largest absolute Gasteiger partial charge is 0.462 e. The molecule has 8 nitrogen and oxygen atoms in total. The molecule has 0 atom stereocenters. The van der Waals surface area contributed by atoms with E-state index in [-0.39, 0.29) is 18.2 Å². The molecule has 2 aromatic heterocycles. The van der Waals surface area contributed by atoms with Crippen LogP contribution in [-0.2, 0) is 17.7 Å². The Morgan fingerprint density at radius 3 is 2.83 bits per heavy atom. The number of fused-ring (bicyclic) bond motifs is 2. The van der Waals surface area contributed by atoms with Crippen LogP contribution in [0.2, 0.25) is 0 Å². The number of anilines is 1. The summed E-state index contributed by atoms with van der Waals surface area (Å²) in [5.41, 5.74) is 1.36. The number of nitrogens with zero attached hydrogens (tertiary/aromatic N) is 2. The lowest BCUT2D eigenvalue weighted by Gasteiger charge is -2.22. The summed E-state index contributed by atoms with van der Waals surface area (Å²) in [6.07, 6.45) is 0.721. The minimum absolute atomic E-state index is 0.0214. The highest BCUT2D eigenvalue weighted by Crippen LogP contribution is 2.38. The molecule has 1 N–H and O–H groups in total. The molecule has 0 saturated carbocycles. The van der Waals surface area contributed by atoms with Gasteiger partial charge in [0.25, 0.3) is 11.6 Å². The summed E-state index contributed by atoms with van der Waals surface area (Å²) in [6, 6.07) is 6.14. The fraction of sp³-hybridized carbons (Fsp3) is 0.300. The molecule has 1 aliphatic rings. The van der Waals surface area contributed by atoms with Crippen molar-refractivity contribution in [2.75, 3.05) is 25.5 Å². The quantitative estimate of drug-likeness (QED) is 0.357. The standard InChI is InChI=1S/C20H19N3O5S2/c1-3-28-20(25)17-13-6-7-22(2)10-16(13)30-19(17)21-18(24)15-9-11-8-12(23(26)27)4-5-14(11)29-15/h4-5,8-9H,3,6-7,10H2,1-2H3,(H,21,24). The van der Waals surface area contributed by atoms with Crippen LogP contribution in [0.3, 0.4) is 0 Å². The zero-order valence-corrected chi connectivity index (χ0v) is 18.0. The Morgan fingerprint density at radius 1 is 1.30 bits per heavy atom. The molecular weight excluding hydrogens is 426 g/mol. The third-order valence-electron chi connectivity index (χ3n) is 4.89. The van der Waals surface area contributed by atoms with Gasteiger partial charge in [0.1, 0.15) is 5.00 Å². The number of nitro groups is 1. The van der Waals surface area contributed by atoms with Crippen LogP contribution >= 0.6 is 22.7 Å². The van der Waals surface area contributed by atoms with E-state index in [9.17, 15) is 19.7 Å². The van der Waals surface area contributed by atoms with Crippen LogP contribution in [0.1, 0.15) is 37.4 Å². The number of ether oxygens (including phenoxy) is 1. The molecule has 3 heterocycles. The molecule has 0 fully saturated rings. The molecule has 0 bridgehead atoms. The summed E-state index contributed by atoms with van der Waals surface area (Å²) in [5.74, 6) is -0.779. The Kier molecular flexibility index (Phi) is 5.54. The van der Waals surface area contributed by atoms with Crippen LogP contribution < -0.4 is 5.32 Å². The molecule has 0 aliphatic carbocycles. The number of non-ortho nitro benzene ring substituents is 1. The highest BCUT2D eigenvalue weighted by molar-refractivity contribution is 7.21. The number of benzene rings is 1. The Hall–Kier alpha value is -2.82. The number of carbonyl (C=O) groups is 2. The molecule has 30 heavy (non-hydrogen) atoms. The van der Waals surface area contributed by atoms with Crippen molar-refractivity contribution in [1.82, 2.24) is 4.90 Å². The average molecular weight is 446 g/mol. The van der Waals surface area contributed by atoms with Gasteiger partial charge in [0, 0.05) is 40.2 Å². The molecule has 1 aliphatic heterocycles. The first-order valence-electron chi connectivity index (χ1n) is 9.37. The van der Waals surface area contributed by atoms with Crippen molar-refractivity contribution < 1.29 is 19.2 Å². The van der Waals surface area contributed by atoms with Crippen LogP contribution in [0, 0.1) is 10.1 Å². The van der Waals surface area contributed by atoms with E-state index in [0.717, 1.165) is 34.7 Å². The number of nitro benzene ring substituents is 1. The molecular formula is C20H19N3O5S2. The molecule has 0 spiro atoms. The van der Waals surface area contributed by atoms with Crippen molar-refractivity contribution in [2.24, 2.45) is 0 Å². The number of likely N-dealkylation sites (N-methyl/N-ethyl adjacent to an activating group) is 1. The van der Waals surface area contributed by atoms with Crippen LogP contribution in [0.4, 0.5) is 10.7 Å². The molecule has 3 aromatic rings. The van der Waals surface area contributed by atoms with Gasteiger partial charge in [0.05, 0.1) is 22.0 Å². The zero-order valence-electron chi connectivity index (χ0n) is 16.4. The van der Waals surface area contributed by atoms with Gasteiger partial charge in [-0.2, -0.15) is 0 Å². The van der Waals surface area contributed by atoms with Crippen molar-refractivity contribution in [3.8, 4) is 0 Å². The number of esters is 1. The molecule has 156 valence electrons. The predicted molar refractivity (Wildman–Crippen MR) is 117 cm³/mol. The first kappa shape index (κ1) is 20.5. The maximum atomic E-state index is 12.9. The smallest absolute Gasteiger partial charge is 0.341 e. The Morgan fingerprint density at radius 2 is 2.10 bits per heavy atom. The third kappa shape index (κ3) is 3.81. The summed E-state index contributed by atoms with van der Waals surface area (Å²) in [5, 5.41) is 15.0. The molecule has 10 heteroatoms. The Labute approximate surface area is 180 Å². The Balaban J connectivity index is 1.66. The lowest BCUT2D eigenvalue weighted by Crippen LogP contribution is -2.26. The van der Waals surface area contributed by atoms with Gasteiger partial charge in [-0.25, -0.2) is 4.79 Å². The molecule has 0 saturated heterocycles. The summed E-state index contributed by atoms with van der Waals surface area (Å²) in [6.45, 7) is 3.55. The number of rotatable bonds is 5. The number of carbonyl (C=O) groups excluding carboxylic acids is 2. The maximum Gasteiger partial charge on any atom is 0.341 e. The van der Waals surface area contributed by atoms with E-state index in [4.69, 9.17) is 4.74 Å². The van der Waals surface area contributed by atoms with E-state index < -0.39 is 10.9 Å². The second-order valence-electron chi connectivity index (χ2n) is 6.96. The highest BCUT2D eigenvalue weighted by Gasteiger charge is 2.29. The fourth-order valence-corrected chi connectivity index (χ4v) is 5.71. The molecule has 0 radical (unpaired) electrons. The lowest BCUT2D eigenvalue weighted by atomic mass is 10.0. The van der Waals surface area contributed by atoms with Crippen LogP contribution in [0.25, 0.3) is 10.1 Å². The summed E-state index contributed by atoms with van der Waals surface area (Å²) >= 11 is 2.65. The summed E-state index contributed by atoms with van der Waals surface area (Å²) < 4.78 is 6.01. The highest BCUT2D eigenvalue weighted by atomic mass is 32.1. The van der Waals surface area contributed by atoms with Crippen molar-refractivity contribution >= 4 is 55.3 Å². The lowest BCUT2D eigenvalue weighted by molar-refractivity contribution is -0.384. The zero-order chi connectivity index (χ0) is 21.4. The van der Waals surface area contributed by atoms with E-state index in [1.54, 1.807) is 19.1 Å². The van der Waals surface area contributed by atoms with Gasteiger partial charge in [-0.1, -0.05) is 0 Å². The van der Waals surface area contributed by atoms with E-state index in [0.29, 0.717) is 20.8 Å². The molecule has 0 unspecified atom stereocenters. The van der Waals surface area contributed by atoms with Gasteiger partial charge in [0.2, 0.25) is 0 Å². The van der Waals surface area contributed by atoms with Gasteiger partial charge < -0.3 is 15.0 Å². The second-order valence-corrected chi connectivity index (χ2v) is 9.15. The summed E-state index contributed by atoms with van der Waals surface area (Å²) in [7, 11) is 2.02. The first-order chi connectivity index (χ1) is 14.4. The number of hydrogen-bond donors (Lipinski definition) is 1. The van der Waals surface area contributed by atoms with Crippen molar-refractivity contribution in [3.05, 3.63) is 55.3 Å². The number of hydrogen-bond acceptors (Lipinski definition) is 8. The minimum atomic E-state index is -0.463. The van der Waals surface area contributed by atoms with Crippen molar-refractivity contribution in [3.63, 3.8) is 0 Å². The Bertz CT molecular complexity index is 1170. The monoisotopic (exact) mass is 445 g/mol. The van der Waals surface area contributed by atoms with Crippen LogP contribution in [0.5, 0.6) is 0 Å². The van der Waals surface area contributed by atoms with Crippen LogP contribution in [-0.4, -0.2) is 41.9 Å². The van der Waals surface area contributed by atoms with Crippen molar-refractivity contribution in [2.45, 2.75) is 19.9 Å². The van der Waals surface area contributed by atoms with Gasteiger partial charge in [-0.05, 0) is 38.1 Å². The SMILES string of the molecule is CCOC(=O)c1c(NC(=O)c2cc3cc([N+](=O)[O-])ccc3s2)sc2c1CCN(C)C2. The van der Waals surface area contributed by atoms with Gasteiger partial charge in [-0.3, -0.25) is 14.9 Å². The van der Waals surface area contributed by atoms with Gasteiger partial charge in [-0.15, -0.1) is 22.7 Å². The topological polar surface area (TPSA) is 102 Å². The number of nitrogens with one attached hydrogen (secondary N) is 1. The van der Waals surface area contributed by atoms with Gasteiger partial charge >= 0.3 is 5.97 Å². The fourth-order valence-electron chi connectivity index (χ4n) is 3.46. The number of thiophene rings is 2. The number of amides is 1. The van der Waals surface area contributed by atoms with E-state index in [2.05, 4.69) is 10.2 Å². The molecule has 1 aromatic carbocycles. The van der Waals surface area contributed by atoms with Gasteiger partial charge in [0.15, 0.2) is 0 Å². The third-order valence-corrected chi connectivity index (χ3v) is 7.14. The van der Waals surface area contributed by atoms with E-state index >= 15 is 0 Å².